The Bertz CT molecular complexity index is 574. The monoisotopic (exact) mass is 348 g/mol. The Hall–Kier alpha value is -1.36. The fraction of sp³-hybridized carbons (Fsp3) is 0.294. The lowest BCUT2D eigenvalue weighted by Gasteiger charge is -2.24. The van der Waals surface area contributed by atoms with E-state index in [2.05, 4.69) is 40.3 Å². The van der Waals surface area contributed by atoms with Crippen molar-refractivity contribution in [2.45, 2.75) is 19.0 Å². The third kappa shape index (κ3) is 4.06. The maximum absolute atomic E-state index is 5.97. The van der Waals surface area contributed by atoms with Crippen LogP contribution in [0.2, 0.25) is 0 Å². The van der Waals surface area contributed by atoms with Crippen molar-refractivity contribution >= 4 is 15.9 Å². The van der Waals surface area contributed by atoms with Gasteiger partial charge < -0.3 is 15.8 Å². The van der Waals surface area contributed by atoms with Crippen LogP contribution in [-0.4, -0.2) is 13.7 Å². The first-order chi connectivity index (χ1) is 10.2. The summed E-state index contributed by atoms with van der Waals surface area (Å²) in [5.41, 5.74) is 8.32. The van der Waals surface area contributed by atoms with Crippen LogP contribution < -0.4 is 15.8 Å². The standard InChI is InChI=1S/C17H21BrN2O/c1-12(13-6-4-3-5-7-13)20-17(11-19)15-10-14(21-2)8-9-16(15)18/h3-10,12,17,20H,11,19H2,1-2H3. The average molecular weight is 349 g/mol. The van der Waals surface area contributed by atoms with Gasteiger partial charge in [0, 0.05) is 23.1 Å². The molecule has 0 aliphatic carbocycles. The molecule has 2 unspecified atom stereocenters. The van der Waals surface area contributed by atoms with Crippen LogP contribution in [0.15, 0.2) is 53.0 Å². The minimum Gasteiger partial charge on any atom is -0.497 e. The molecule has 112 valence electrons. The van der Waals surface area contributed by atoms with Crippen molar-refractivity contribution in [2.75, 3.05) is 13.7 Å². The zero-order valence-corrected chi connectivity index (χ0v) is 13.9. The summed E-state index contributed by atoms with van der Waals surface area (Å²) >= 11 is 3.60. The Morgan fingerprint density at radius 1 is 1.19 bits per heavy atom. The molecule has 0 spiro atoms. The summed E-state index contributed by atoms with van der Waals surface area (Å²) in [6, 6.07) is 16.6. The van der Waals surface area contributed by atoms with E-state index in [1.54, 1.807) is 7.11 Å². The summed E-state index contributed by atoms with van der Waals surface area (Å²) in [6.07, 6.45) is 0. The van der Waals surface area contributed by atoms with Crippen molar-refractivity contribution in [1.29, 1.82) is 0 Å². The van der Waals surface area contributed by atoms with Crippen molar-refractivity contribution in [1.82, 2.24) is 5.32 Å². The Labute approximate surface area is 134 Å². The van der Waals surface area contributed by atoms with Gasteiger partial charge >= 0.3 is 0 Å². The van der Waals surface area contributed by atoms with Crippen molar-refractivity contribution in [3.8, 4) is 5.75 Å². The van der Waals surface area contributed by atoms with Crippen molar-refractivity contribution in [2.24, 2.45) is 5.73 Å². The van der Waals surface area contributed by atoms with E-state index in [-0.39, 0.29) is 12.1 Å². The summed E-state index contributed by atoms with van der Waals surface area (Å²) in [4.78, 5) is 0. The van der Waals surface area contributed by atoms with E-state index in [1.807, 2.05) is 36.4 Å². The molecule has 0 heterocycles. The van der Waals surface area contributed by atoms with Crippen LogP contribution in [0.25, 0.3) is 0 Å². The second-order valence-electron chi connectivity index (χ2n) is 4.97. The van der Waals surface area contributed by atoms with Crippen LogP contribution in [0.1, 0.15) is 30.1 Å². The maximum atomic E-state index is 5.97. The number of halogens is 1. The fourth-order valence-electron chi connectivity index (χ4n) is 2.34. The summed E-state index contributed by atoms with van der Waals surface area (Å²) in [6.45, 7) is 2.66. The fourth-order valence-corrected chi connectivity index (χ4v) is 2.86. The van der Waals surface area contributed by atoms with Crippen molar-refractivity contribution in [3.05, 3.63) is 64.1 Å². The second kappa shape index (κ2) is 7.59. The SMILES string of the molecule is COc1ccc(Br)c(C(CN)NC(C)c2ccccc2)c1. The molecule has 0 saturated heterocycles. The summed E-state index contributed by atoms with van der Waals surface area (Å²) in [7, 11) is 1.67. The number of rotatable bonds is 6. The maximum Gasteiger partial charge on any atom is 0.119 e. The van der Waals surface area contributed by atoms with Gasteiger partial charge in [-0.2, -0.15) is 0 Å². The second-order valence-corrected chi connectivity index (χ2v) is 5.83. The molecular weight excluding hydrogens is 328 g/mol. The molecule has 0 saturated carbocycles. The predicted molar refractivity (Wildman–Crippen MR) is 90.5 cm³/mol. The molecule has 2 aromatic carbocycles. The molecule has 3 nitrogen and oxygen atoms in total. The van der Waals surface area contributed by atoms with E-state index < -0.39 is 0 Å². The highest BCUT2D eigenvalue weighted by molar-refractivity contribution is 9.10. The lowest BCUT2D eigenvalue weighted by molar-refractivity contribution is 0.411. The molecule has 4 heteroatoms. The number of nitrogens with one attached hydrogen (secondary N) is 1. The highest BCUT2D eigenvalue weighted by atomic mass is 79.9. The Morgan fingerprint density at radius 2 is 1.90 bits per heavy atom. The van der Waals surface area contributed by atoms with Gasteiger partial charge in [0.05, 0.1) is 7.11 Å². The largest absolute Gasteiger partial charge is 0.497 e. The highest BCUT2D eigenvalue weighted by Gasteiger charge is 2.17. The Morgan fingerprint density at radius 3 is 2.52 bits per heavy atom. The average Bonchev–Trinajstić information content (AvgIpc) is 2.54. The van der Waals surface area contributed by atoms with Crippen molar-refractivity contribution in [3.63, 3.8) is 0 Å². The topological polar surface area (TPSA) is 47.3 Å². The van der Waals surface area contributed by atoms with Gasteiger partial charge in [-0.1, -0.05) is 46.3 Å². The van der Waals surface area contributed by atoms with Crippen molar-refractivity contribution < 1.29 is 4.74 Å². The molecule has 0 amide bonds. The molecule has 0 aliphatic rings. The molecule has 0 radical (unpaired) electrons. The van der Waals surface area contributed by atoms with Gasteiger partial charge in [0.1, 0.15) is 5.75 Å². The molecule has 0 bridgehead atoms. The van der Waals surface area contributed by atoms with Gasteiger partial charge in [-0.05, 0) is 36.2 Å². The number of hydrogen-bond acceptors (Lipinski definition) is 3. The number of nitrogens with two attached hydrogens (primary N) is 1. The zero-order valence-electron chi connectivity index (χ0n) is 12.3. The zero-order chi connectivity index (χ0) is 15.2. The predicted octanol–water partition coefficient (Wildman–Crippen LogP) is 3.81. The van der Waals surface area contributed by atoms with Crippen LogP contribution in [0.5, 0.6) is 5.75 Å². The van der Waals surface area contributed by atoms with Crippen LogP contribution in [0.4, 0.5) is 0 Å². The quantitative estimate of drug-likeness (QED) is 0.834. The Kier molecular flexibility index (Phi) is 5.79. The molecule has 0 aromatic heterocycles. The first-order valence-electron chi connectivity index (χ1n) is 7.00. The highest BCUT2D eigenvalue weighted by Crippen LogP contribution is 2.29. The molecule has 2 aromatic rings. The van der Waals surface area contributed by atoms with E-state index in [0.29, 0.717) is 6.54 Å². The molecular formula is C17H21BrN2O. The number of hydrogen-bond donors (Lipinski definition) is 2. The van der Waals surface area contributed by atoms with Crippen LogP contribution in [-0.2, 0) is 0 Å². The van der Waals surface area contributed by atoms with E-state index in [9.17, 15) is 0 Å². The van der Waals surface area contributed by atoms with Gasteiger partial charge in [-0.3, -0.25) is 0 Å². The van der Waals surface area contributed by atoms with E-state index in [1.165, 1.54) is 5.56 Å². The third-order valence-electron chi connectivity index (χ3n) is 3.57. The number of benzene rings is 2. The molecule has 3 N–H and O–H groups in total. The van der Waals surface area contributed by atoms with Crippen LogP contribution >= 0.6 is 15.9 Å². The molecule has 0 aliphatic heterocycles. The normalized spacial score (nSPS) is 13.7. The molecule has 2 rings (SSSR count). The first kappa shape index (κ1) is 16.0. The lowest BCUT2D eigenvalue weighted by atomic mass is 10.0. The van der Waals surface area contributed by atoms with Gasteiger partial charge in [-0.25, -0.2) is 0 Å². The van der Waals surface area contributed by atoms with E-state index in [0.717, 1.165) is 15.8 Å². The minimum absolute atomic E-state index is 0.0599. The minimum atomic E-state index is 0.0599. The summed E-state index contributed by atoms with van der Waals surface area (Å²) in [5.74, 6) is 0.834. The molecule has 21 heavy (non-hydrogen) atoms. The van der Waals surface area contributed by atoms with Gasteiger partial charge in [0.25, 0.3) is 0 Å². The van der Waals surface area contributed by atoms with E-state index in [4.69, 9.17) is 10.5 Å². The lowest BCUT2D eigenvalue weighted by Crippen LogP contribution is -2.30. The van der Waals surface area contributed by atoms with Gasteiger partial charge in [0.2, 0.25) is 0 Å². The smallest absolute Gasteiger partial charge is 0.119 e. The van der Waals surface area contributed by atoms with Gasteiger partial charge in [0.15, 0.2) is 0 Å². The number of ether oxygens (including phenoxy) is 1. The van der Waals surface area contributed by atoms with Crippen LogP contribution in [0.3, 0.4) is 0 Å². The van der Waals surface area contributed by atoms with Crippen LogP contribution in [0, 0.1) is 0 Å². The summed E-state index contributed by atoms with van der Waals surface area (Å²) in [5, 5.41) is 3.58. The van der Waals surface area contributed by atoms with E-state index >= 15 is 0 Å². The first-order valence-corrected chi connectivity index (χ1v) is 7.79. The number of methoxy groups -OCH3 is 1. The van der Waals surface area contributed by atoms with Gasteiger partial charge in [-0.15, -0.1) is 0 Å². The third-order valence-corrected chi connectivity index (χ3v) is 4.29. The summed E-state index contributed by atoms with van der Waals surface area (Å²) < 4.78 is 6.34. The molecule has 2 atom stereocenters. The molecule has 0 fully saturated rings. The Balaban J connectivity index is 2.20.